The third-order valence-electron chi connectivity index (χ3n) is 5.50. The van der Waals surface area contributed by atoms with E-state index in [1.165, 1.54) is 11.3 Å². The van der Waals surface area contributed by atoms with Gasteiger partial charge in [0.1, 0.15) is 5.75 Å². The van der Waals surface area contributed by atoms with Crippen LogP contribution in [0.2, 0.25) is 0 Å². The van der Waals surface area contributed by atoms with E-state index in [4.69, 9.17) is 4.74 Å². The highest BCUT2D eigenvalue weighted by molar-refractivity contribution is 6.29. The Labute approximate surface area is 159 Å². The van der Waals surface area contributed by atoms with Gasteiger partial charge in [0.05, 0.1) is 0 Å². The molecule has 0 amide bonds. The number of hydrogen-bond acceptors (Lipinski definition) is 4. The third-order valence-corrected chi connectivity index (χ3v) is 5.50. The SMILES string of the molecule is C/C=C(/C(=O)c1ccccc1)c1cc2c3c(c1OC=O)CCCN3CCC2. The smallest absolute Gasteiger partial charge is 0.298 e. The van der Waals surface area contributed by atoms with Crippen molar-refractivity contribution in [3.05, 3.63) is 64.7 Å². The molecule has 0 radical (unpaired) electrons. The topological polar surface area (TPSA) is 46.6 Å². The van der Waals surface area contributed by atoms with E-state index in [1.54, 1.807) is 0 Å². The van der Waals surface area contributed by atoms with E-state index in [1.807, 2.05) is 43.3 Å². The van der Waals surface area contributed by atoms with Crippen LogP contribution in [0.4, 0.5) is 5.69 Å². The molecule has 0 aliphatic carbocycles. The van der Waals surface area contributed by atoms with Crippen molar-refractivity contribution in [1.29, 1.82) is 0 Å². The Morgan fingerprint density at radius 3 is 2.56 bits per heavy atom. The highest BCUT2D eigenvalue weighted by Crippen LogP contribution is 2.44. The van der Waals surface area contributed by atoms with Crippen LogP contribution in [0.25, 0.3) is 5.57 Å². The van der Waals surface area contributed by atoms with Crippen LogP contribution in [-0.4, -0.2) is 25.3 Å². The number of carbonyl (C=O) groups is 2. The molecule has 4 nitrogen and oxygen atoms in total. The predicted octanol–water partition coefficient (Wildman–Crippen LogP) is 4.21. The third kappa shape index (κ3) is 3.05. The molecule has 0 bridgehead atoms. The highest BCUT2D eigenvalue weighted by atomic mass is 16.5. The maximum atomic E-state index is 13.2. The molecular weight excluding hydrogens is 338 g/mol. The fraction of sp³-hybridized carbons (Fsp3) is 0.304. The summed E-state index contributed by atoms with van der Waals surface area (Å²) >= 11 is 0. The molecule has 0 saturated heterocycles. The summed E-state index contributed by atoms with van der Waals surface area (Å²) in [4.78, 5) is 26.8. The minimum atomic E-state index is -0.0514. The van der Waals surface area contributed by atoms with E-state index in [2.05, 4.69) is 11.0 Å². The van der Waals surface area contributed by atoms with Crippen LogP contribution in [-0.2, 0) is 17.6 Å². The largest absolute Gasteiger partial charge is 0.428 e. The zero-order valence-electron chi connectivity index (χ0n) is 15.5. The van der Waals surface area contributed by atoms with Gasteiger partial charge in [0.25, 0.3) is 6.47 Å². The summed E-state index contributed by atoms with van der Waals surface area (Å²) in [5, 5.41) is 0. The summed E-state index contributed by atoms with van der Waals surface area (Å²) in [6.45, 7) is 4.42. The monoisotopic (exact) mass is 361 g/mol. The van der Waals surface area contributed by atoms with Crippen LogP contribution in [0.1, 0.15) is 46.8 Å². The molecule has 2 aliphatic rings. The summed E-state index contributed by atoms with van der Waals surface area (Å²) in [6.07, 6.45) is 5.82. The normalized spacial score (nSPS) is 15.9. The van der Waals surface area contributed by atoms with Gasteiger partial charge in [-0.05, 0) is 44.2 Å². The van der Waals surface area contributed by atoms with Gasteiger partial charge in [0, 0.05) is 41.0 Å². The maximum absolute atomic E-state index is 13.2. The van der Waals surface area contributed by atoms with Crippen LogP contribution in [0.15, 0.2) is 42.5 Å². The molecule has 0 N–H and O–H groups in total. The Morgan fingerprint density at radius 1 is 1.11 bits per heavy atom. The Bertz CT molecular complexity index is 913. The second-order valence-electron chi connectivity index (χ2n) is 7.05. The second kappa shape index (κ2) is 7.39. The van der Waals surface area contributed by atoms with Crippen LogP contribution >= 0.6 is 0 Å². The number of aryl methyl sites for hydroxylation is 1. The molecule has 0 unspecified atom stereocenters. The van der Waals surface area contributed by atoms with E-state index in [-0.39, 0.29) is 5.78 Å². The first-order valence-electron chi connectivity index (χ1n) is 9.55. The second-order valence-corrected chi connectivity index (χ2v) is 7.05. The lowest BCUT2D eigenvalue weighted by Gasteiger charge is -2.38. The Morgan fingerprint density at radius 2 is 1.85 bits per heavy atom. The molecule has 0 aromatic heterocycles. The van der Waals surface area contributed by atoms with Gasteiger partial charge >= 0.3 is 0 Å². The van der Waals surface area contributed by atoms with Crippen molar-refractivity contribution < 1.29 is 14.3 Å². The van der Waals surface area contributed by atoms with Crippen molar-refractivity contribution in [2.24, 2.45) is 0 Å². The molecule has 0 spiro atoms. The Balaban J connectivity index is 1.89. The van der Waals surface area contributed by atoms with Crippen LogP contribution < -0.4 is 9.64 Å². The van der Waals surface area contributed by atoms with Gasteiger partial charge in [-0.1, -0.05) is 36.4 Å². The number of ketones is 1. The summed E-state index contributed by atoms with van der Waals surface area (Å²) in [5.41, 5.74) is 5.49. The Hall–Kier alpha value is -2.88. The molecule has 2 aliphatic heterocycles. The lowest BCUT2D eigenvalue weighted by atomic mass is 9.85. The van der Waals surface area contributed by atoms with Crippen molar-refractivity contribution in [1.82, 2.24) is 0 Å². The molecule has 27 heavy (non-hydrogen) atoms. The standard InChI is InChI=1S/C23H23NO3/c1-2-18(22(26)16-8-4-3-5-9-16)20-14-17-10-6-12-24-13-7-11-19(21(17)24)23(20)27-15-25/h2-5,8-9,14-15H,6-7,10-13H2,1H3/b18-2+. The van der Waals surface area contributed by atoms with E-state index in [9.17, 15) is 9.59 Å². The number of rotatable bonds is 5. The summed E-state index contributed by atoms with van der Waals surface area (Å²) in [7, 11) is 0. The molecule has 4 rings (SSSR count). The molecule has 138 valence electrons. The van der Waals surface area contributed by atoms with Gasteiger partial charge in [-0.3, -0.25) is 9.59 Å². The minimum absolute atomic E-state index is 0.0514. The molecular formula is C23H23NO3. The molecule has 0 saturated carbocycles. The molecule has 4 heteroatoms. The van der Waals surface area contributed by atoms with Gasteiger partial charge in [0.2, 0.25) is 0 Å². The number of allylic oxidation sites excluding steroid dienone is 2. The lowest BCUT2D eigenvalue weighted by Crippen LogP contribution is -2.35. The van der Waals surface area contributed by atoms with Gasteiger partial charge in [-0.25, -0.2) is 0 Å². The van der Waals surface area contributed by atoms with Crippen molar-refractivity contribution in [3.63, 3.8) is 0 Å². The fourth-order valence-corrected chi connectivity index (χ4v) is 4.37. The number of Topliss-reactive ketones (excluding diaryl/α,β-unsaturated/α-hetero) is 1. The first-order valence-corrected chi connectivity index (χ1v) is 9.55. The minimum Gasteiger partial charge on any atom is -0.428 e. The van der Waals surface area contributed by atoms with Crippen molar-refractivity contribution in [3.8, 4) is 5.75 Å². The molecule has 0 atom stereocenters. The average molecular weight is 361 g/mol. The number of nitrogens with zero attached hydrogens (tertiary/aromatic N) is 1. The van der Waals surface area contributed by atoms with E-state index in [0.717, 1.165) is 49.9 Å². The van der Waals surface area contributed by atoms with Crippen LogP contribution in [0, 0.1) is 0 Å². The van der Waals surface area contributed by atoms with E-state index in [0.29, 0.717) is 23.4 Å². The summed E-state index contributed by atoms with van der Waals surface area (Å²) < 4.78 is 5.48. The summed E-state index contributed by atoms with van der Waals surface area (Å²) in [5.74, 6) is 0.497. The number of hydrogen-bond donors (Lipinski definition) is 0. The van der Waals surface area contributed by atoms with Crippen LogP contribution in [0.5, 0.6) is 5.75 Å². The first kappa shape index (κ1) is 17.5. The molecule has 2 heterocycles. The zero-order valence-corrected chi connectivity index (χ0v) is 15.5. The van der Waals surface area contributed by atoms with Crippen molar-refractivity contribution in [2.75, 3.05) is 18.0 Å². The van der Waals surface area contributed by atoms with Crippen LogP contribution in [0.3, 0.4) is 0 Å². The highest BCUT2D eigenvalue weighted by Gasteiger charge is 2.30. The van der Waals surface area contributed by atoms with Gasteiger partial charge in [-0.15, -0.1) is 0 Å². The molecule has 2 aromatic carbocycles. The predicted molar refractivity (Wildman–Crippen MR) is 106 cm³/mol. The van der Waals surface area contributed by atoms with Crippen molar-refractivity contribution in [2.45, 2.75) is 32.6 Å². The molecule has 2 aromatic rings. The number of carbonyl (C=O) groups excluding carboxylic acids is 2. The quantitative estimate of drug-likeness (QED) is 0.455. The van der Waals surface area contributed by atoms with E-state index < -0.39 is 0 Å². The van der Waals surface area contributed by atoms with E-state index >= 15 is 0 Å². The fourth-order valence-electron chi connectivity index (χ4n) is 4.37. The first-order chi connectivity index (χ1) is 13.2. The lowest BCUT2D eigenvalue weighted by molar-refractivity contribution is -0.120. The zero-order chi connectivity index (χ0) is 18.8. The number of anilines is 1. The van der Waals surface area contributed by atoms with Gasteiger partial charge < -0.3 is 9.64 Å². The van der Waals surface area contributed by atoms with Gasteiger partial charge in [-0.2, -0.15) is 0 Å². The van der Waals surface area contributed by atoms with Gasteiger partial charge in [0.15, 0.2) is 5.78 Å². The van der Waals surface area contributed by atoms with Crippen molar-refractivity contribution >= 4 is 23.5 Å². The number of benzene rings is 2. The average Bonchev–Trinajstić information content (AvgIpc) is 2.72. The molecule has 0 fully saturated rings. The maximum Gasteiger partial charge on any atom is 0.298 e. The number of ether oxygens (including phenoxy) is 1. The Kier molecular flexibility index (Phi) is 4.80. The summed E-state index contributed by atoms with van der Waals surface area (Å²) in [6, 6.07) is 11.3.